The molecule has 0 spiro atoms. The first-order chi connectivity index (χ1) is 13.6. The number of ether oxygens (including phenoxy) is 1. The van der Waals surface area contributed by atoms with Gasteiger partial charge in [-0.05, 0) is 60.2 Å². The molecule has 2 amide bonds. The molecule has 1 aromatic carbocycles. The van der Waals surface area contributed by atoms with E-state index in [4.69, 9.17) is 4.74 Å². The molecule has 8 nitrogen and oxygen atoms in total. The Bertz CT molecular complexity index is 869. The summed E-state index contributed by atoms with van der Waals surface area (Å²) < 4.78 is 28.5. The van der Waals surface area contributed by atoms with Crippen LogP contribution in [0.25, 0.3) is 0 Å². The molecular formula is C19H25BrN2O6S. The van der Waals surface area contributed by atoms with Crippen molar-refractivity contribution in [1.29, 1.82) is 0 Å². The first-order valence-corrected chi connectivity index (χ1v) is 12.1. The zero-order valence-electron chi connectivity index (χ0n) is 16.3. The molecule has 1 aromatic rings. The Morgan fingerprint density at radius 1 is 1.21 bits per heavy atom. The molecular weight excluding hydrogens is 464 g/mol. The highest BCUT2D eigenvalue weighted by Crippen LogP contribution is 2.32. The zero-order chi connectivity index (χ0) is 21.6. The molecule has 1 fully saturated rings. The molecule has 2 atom stereocenters. The van der Waals surface area contributed by atoms with Crippen molar-refractivity contribution in [3.05, 3.63) is 34.3 Å². The fourth-order valence-corrected chi connectivity index (χ4v) is 3.84. The monoisotopic (exact) mass is 488 g/mol. The van der Waals surface area contributed by atoms with Gasteiger partial charge in [-0.1, -0.05) is 12.1 Å². The van der Waals surface area contributed by atoms with E-state index in [0.717, 1.165) is 19.1 Å². The summed E-state index contributed by atoms with van der Waals surface area (Å²) in [4.78, 5) is 36.9. The number of carbonyl (C=O) groups is 3. The summed E-state index contributed by atoms with van der Waals surface area (Å²) in [6.45, 7) is 1.40. The molecule has 0 radical (unpaired) electrons. The Hall–Kier alpha value is -1.94. The maximum atomic E-state index is 12.5. The Morgan fingerprint density at radius 2 is 1.86 bits per heavy atom. The van der Waals surface area contributed by atoms with Crippen molar-refractivity contribution < 1.29 is 27.5 Å². The minimum Gasteiger partial charge on any atom is -0.454 e. The maximum absolute atomic E-state index is 12.5. The SMILES string of the molecule is CC(NC(=O)COC(=O)C(CCS(C)(=O)=O)NC(=O)c1ccccc1Br)C1CC1. The third kappa shape index (κ3) is 8.14. The van der Waals surface area contributed by atoms with Crippen LogP contribution in [0.4, 0.5) is 0 Å². The molecule has 29 heavy (non-hydrogen) atoms. The van der Waals surface area contributed by atoms with Gasteiger partial charge in [0.15, 0.2) is 6.61 Å². The highest BCUT2D eigenvalue weighted by Gasteiger charge is 2.30. The van der Waals surface area contributed by atoms with Crippen LogP contribution in [0.15, 0.2) is 28.7 Å². The number of sulfone groups is 1. The van der Waals surface area contributed by atoms with Crippen LogP contribution in [0.5, 0.6) is 0 Å². The van der Waals surface area contributed by atoms with E-state index in [-0.39, 0.29) is 18.2 Å². The summed E-state index contributed by atoms with van der Waals surface area (Å²) in [7, 11) is -3.36. The van der Waals surface area contributed by atoms with Crippen LogP contribution in [0.1, 0.15) is 36.5 Å². The van der Waals surface area contributed by atoms with Gasteiger partial charge in [0.2, 0.25) is 0 Å². The summed E-state index contributed by atoms with van der Waals surface area (Å²) in [6, 6.07) is 5.44. The number of hydrogen-bond acceptors (Lipinski definition) is 6. The minimum absolute atomic E-state index is 0.0115. The lowest BCUT2D eigenvalue weighted by Gasteiger charge is -2.18. The van der Waals surface area contributed by atoms with E-state index >= 15 is 0 Å². The van der Waals surface area contributed by atoms with E-state index in [1.54, 1.807) is 24.3 Å². The Kier molecular flexibility index (Phi) is 8.21. The predicted molar refractivity (Wildman–Crippen MR) is 111 cm³/mol. The summed E-state index contributed by atoms with van der Waals surface area (Å²) in [6.07, 6.45) is 3.01. The van der Waals surface area contributed by atoms with Gasteiger partial charge >= 0.3 is 5.97 Å². The Morgan fingerprint density at radius 3 is 2.45 bits per heavy atom. The standard InChI is InChI=1S/C19H25BrN2O6S/c1-12(13-7-8-13)21-17(23)11-28-19(25)16(9-10-29(2,26)27)22-18(24)14-5-3-4-6-15(14)20/h3-6,12-13,16H,7-11H2,1-2H3,(H,21,23)(H,22,24). The van der Waals surface area contributed by atoms with Gasteiger partial charge in [0.1, 0.15) is 15.9 Å². The van der Waals surface area contributed by atoms with Gasteiger partial charge in [0.25, 0.3) is 11.8 Å². The van der Waals surface area contributed by atoms with Crippen molar-refractivity contribution in [1.82, 2.24) is 10.6 Å². The lowest BCUT2D eigenvalue weighted by atomic mass is 10.1. The van der Waals surface area contributed by atoms with Gasteiger partial charge < -0.3 is 15.4 Å². The fourth-order valence-electron chi connectivity index (χ4n) is 2.71. The number of carbonyl (C=O) groups excluding carboxylic acids is 3. The molecule has 0 aromatic heterocycles. The fraction of sp³-hybridized carbons (Fsp3) is 0.526. The molecule has 1 aliphatic carbocycles. The van der Waals surface area contributed by atoms with E-state index in [2.05, 4.69) is 26.6 Å². The van der Waals surface area contributed by atoms with Crippen LogP contribution < -0.4 is 10.6 Å². The molecule has 2 rings (SSSR count). The number of nitrogens with one attached hydrogen (secondary N) is 2. The van der Waals surface area contributed by atoms with Crippen molar-refractivity contribution >= 4 is 43.6 Å². The van der Waals surface area contributed by atoms with Gasteiger partial charge in [-0.2, -0.15) is 0 Å². The largest absolute Gasteiger partial charge is 0.454 e. The van der Waals surface area contributed by atoms with Crippen LogP contribution in [-0.4, -0.2) is 56.9 Å². The van der Waals surface area contributed by atoms with Crippen molar-refractivity contribution in [2.75, 3.05) is 18.6 Å². The average Bonchev–Trinajstić information content (AvgIpc) is 3.47. The highest BCUT2D eigenvalue weighted by atomic mass is 79.9. The topological polar surface area (TPSA) is 119 Å². The second-order valence-corrected chi connectivity index (χ2v) is 10.3. The molecule has 2 N–H and O–H groups in total. The molecule has 1 saturated carbocycles. The lowest BCUT2D eigenvalue weighted by Crippen LogP contribution is -2.44. The summed E-state index contributed by atoms with van der Waals surface area (Å²) in [5.74, 6) is -1.70. The Labute approximate surface area is 178 Å². The first-order valence-electron chi connectivity index (χ1n) is 9.26. The molecule has 160 valence electrons. The smallest absolute Gasteiger partial charge is 0.329 e. The normalized spacial score (nSPS) is 15.8. The molecule has 0 bridgehead atoms. The van der Waals surface area contributed by atoms with Crippen LogP contribution >= 0.6 is 15.9 Å². The van der Waals surface area contributed by atoms with E-state index in [1.807, 2.05) is 6.92 Å². The first kappa shape index (κ1) is 23.3. The molecule has 0 saturated heterocycles. The van der Waals surface area contributed by atoms with Crippen molar-refractivity contribution in [2.24, 2.45) is 5.92 Å². The van der Waals surface area contributed by atoms with Crippen LogP contribution in [-0.2, 0) is 24.2 Å². The zero-order valence-corrected chi connectivity index (χ0v) is 18.7. The third-order valence-electron chi connectivity index (χ3n) is 4.55. The van der Waals surface area contributed by atoms with Gasteiger partial charge in [-0.25, -0.2) is 13.2 Å². The number of benzene rings is 1. The van der Waals surface area contributed by atoms with E-state index < -0.39 is 40.3 Å². The number of hydrogen-bond donors (Lipinski definition) is 2. The Balaban J connectivity index is 1.98. The van der Waals surface area contributed by atoms with Gasteiger partial charge in [0.05, 0.1) is 11.3 Å². The van der Waals surface area contributed by atoms with Crippen molar-refractivity contribution in [3.63, 3.8) is 0 Å². The summed E-state index contributed by atoms with van der Waals surface area (Å²) in [5, 5.41) is 5.26. The molecule has 1 aliphatic rings. The number of amides is 2. The van der Waals surface area contributed by atoms with Crippen LogP contribution in [0.3, 0.4) is 0 Å². The van der Waals surface area contributed by atoms with E-state index in [1.165, 1.54) is 0 Å². The molecule has 10 heteroatoms. The number of rotatable bonds is 10. The number of halogens is 1. The molecule has 2 unspecified atom stereocenters. The summed E-state index contributed by atoms with van der Waals surface area (Å²) in [5.41, 5.74) is 0.292. The second kappa shape index (κ2) is 10.2. The van der Waals surface area contributed by atoms with Gasteiger partial charge in [0, 0.05) is 16.8 Å². The van der Waals surface area contributed by atoms with E-state index in [9.17, 15) is 22.8 Å². The second-order valence-electron chi connectivity index (χ2n) is 7.23. The molecule has 0 heterocycles. The maximum Gasteiger partial charge on any atom is 0.329 e. The van der Waals surface area contributed by atoms with Gasteiger partial charge in [-0.3, -0.25) is 9.59 Å². The van der Waals surface area contributed by atoms with Crippen LogP contribution in [0.2, 0.25) is 0 Å². The average molecular weight is 489 g/mol. The van der Waals surface area contributed by atoms with Crippen molar-refractivity contribution in [2.45, 2.75) is 38.3 Å². The van der Waals surface area contributed by atoms with Crippen LogP contribution in [0, 0.1) is 5.92 Å². The quantitative estimate of drug-likeness (QED) is 0.481. The summed E-state index contributed by atoms with van der Waals surface area (Å²) >= 11 is 3.26. The molecule has 0 aliphatic heterocycles. The third-order valence-corrected chi connectivity index (χ3v) is 6.22. The van der Waals surface area contributed by atoms with E-state index in [0.29, 0.717) is 16.0 Å². The predicted octanol–water partition coefficient (Wildman–Crippen LogP) is 1.44. The number of esters is 1. The highest BCUT2D eigenvalue weighted by molar-refractivity contribution is 9.10. The van der Waals surface area contributed by atoms with Gasteiger partial charge in [-0.15, -0.1) is 0 Å². The lowest BCUT2D eigenvalue weighted by molar-refractivity contribution is -0.150. The van der Waals surface area contributed by atoms with Crippen molar-refractivity contribution in [3.8, 4) is 0 Å². The minimum atomic E-state index is -3.36.